The topological polar surface area (TPSA) is 76.1 Å². The number of fused-ring (bicyclic) bond motifs is 3. The lowest BCUT2D eigenvalue weighted by atomic mass is 9.84. The molecule has 0 radical (unpaired) electrons. The fraction of sp³-hybridized carbons (Fsp3) is 0.0526. The highest BCUT2D eigenvalue weighted by molar-refractivity contribution is 7.16. The maximum absolute atomic E-state index is 12.9. The summed E-state index contributed by atoms with van der Waals surface area (Å²) in [7, 11) is 0. The molecule has 0 aliphatic carbocycles. The maximum Gasteiger partial charge on any atom is 0.240 e. The van der Waals surface area contributed by atoms with Crippen molar-refractivity contribution in [2.24, 2.45) is 5.73 Å². The van der Waals surface area contributed by atoms with Crippen LogP contribution >= 0.6 is 34.5 Å². The van der Waals surface area contributed by atoms with Crippen LogP contribution < -0.4 is 15.2 Å². The van der Waals surface area contributed by atoms with E-state index in [2.05, 4.69) is 6.07 Å². The number of nitriles is 1. The summed E-state index contributed by atoms with van der Waals surface area (Å²) >= 11 is 13.8. The van der Waals surface area contributed by atoms with E-state index in [0.29, 0.717) is 26.9 Å². The molecule has 2 aromatic carbocycles. The number of ether oxygens (including phenoxy) is 1. The van der Waals surface area contributed by atoms with Gasteiger partial charge in [-0.05, 0) is 24.3 Å². The third kappa shape index (κ3) is 2.46. The molecule has 0 bridgehead atoms. The Morgan fingerprint density at radius 2 is 1.77 bits per heavy atom. The predicted molar refractivity (Wildman–Crippen MR) is 104 cm³/mol. The van der Waals surface area contributed by atoms with Gasteiger partial charge in [-0.1, -0.05) is 52.7 Å². The molecule has 0 spiro atoms. The second-order valence-electron chi connectivity index (χ2n) is 5.69. The largest absolute Gasteiger partial charge is 0.439 e. The molecule has 0 saturated carbocycles. The molecule has 128 valence electrons. The summed E-state index contributed by atoms with van der Waals surface area (Å²) in [5, 5.41) is 11.1. The van der Waals surface area contributed by atoms with Crippen LogP contribution in [0.3, 0.4) is 0 Å². The SMILES string of the molecule is N#CC1=C(N)Oc2c(c(=O)sc3ccccc23)C1c1c(Cl)cccc1Cl. The molecule has 1 aromatic heterocycles. The van der Waals surface area contributed by atoms with Crippen molar-refractivity contribution in [2.45, 2.75) is 5.92 Å². The molecule has 2 N–H and O–H groups in total. The number of hydrogen-bond acceptors (Lipinski definition) is 5. The molecule has 0 fully saturated rings. The molecule has 3 aromatic rings. The molecule has 2 heterocycles. The molecule has 0 saturated heterocycles. The van der Waals surface area contributed by atoms with Gasteiger partial charge in [0.1, 0.15) is 17.4 Å². The lowest BCUT2D eigenvalue weighted by Gasteiger charge is -2.27. The number of allylic oxidation sites excluding steroid dienone is 1. The Kier molecular flexibility index (Phi) is 4.12. The van der Waals surface area contributed by atoms with Gasteiger partial charge in [0.05, 0.1) is 11.5 Å². The van der Waals surface area contributed by atoms with Crippen LogP contribution in [-0.4, -0.2) is 0 Å². The van der Waals surface area contributed by atoms with Gasteiger partial charge in [-0.25, -0.2) is 0 Å². The predicted octanol–water partition coefficient (Wildman–Crippen LogP) is 4.79. The second-order valence-corrected chi connectivity index (χ2v) is 7.52. The second kappa shape index (κ2) is 6.33. The minimum Gasteiger partial charge on any atom is -0.439 e. The lowest BCUT2D eigenvalue weighted by molar-refractivity contribution is 0.398. The van der Waals surface area contributed by atoms with Crippen LogP contribution in [0.25, 0.3) is 10.1 Å². The zero-order valence-corrected chi connectivity index (χ0v) is 15.5. The Morgan fingerprint density at radius 3 is 2.46 bits per heavy atom. The van der Waals surface area contributed by atoms with E-state index >= 15 is 0 Å². The van der Waals surface area contributed by atoms with Gasteiger partial charge < -0.3 is 10.5 Å². The summed E-state index contributed by atoms with van der Waals surface area (Å²) in [5.41, 5.74) is 6.94. The molecule has 1 atom stereocenters. The van der Waals surface area contributed by atoms with Crippen molar-refractivity contribution in [1.29, 1.82) is 5.26 Å². The van der Waals surface area contributed by atoms with E-state index in [1.165, 1.54) is 0 Å². The summed E-state index contributed by atoms with van der Waals surface area (Å²) < 4.78 is 6.27. The molecule has 4 nitrogen and oxygen atoms in total. The summed E-state index contributed by atoms with van der Waals surface area (Å²) in [6.07, 6.45) is 0. The maximum atomic E-state index is 12.9. The molecule has 1 unspecified atom stereocenters. The van der Waals surface area contributed by atoms with E-state index < -0.39 is 5.92 Å². The van der Waals surface area contributed by atoms with E-state index in [1.54, 1.807) is 18.2 Å². The lowest BCUT2D eigenvalue weighted by Crippen LogP contribution is -2.26. The third-order valence-corrected chi connectivity index (χ3v) is 5.90. The average molecular weight is 401 g/mol. The smallest absolute Gasteiger partial charge is 0.240 e. The first-order valence-corrected chi connectivity index (χ1v) is 9.17. The Morgan fingerprint density at radius 1 is 1.08 bits per heavy atom. The van der Waals surface area contributed by atoms with E-state index in [1.807, 2.05) is 24.3 Å². The third-order valence-electron chi connectivity index (χ3n) is 4.26. The Labute approximate surface area is 162 Å². The number of halogens is 2. The van der Waals surface area contributed by atoms with Crippen molar-refractivity contribution in [3.8, 4) is 11.8 Å². The van der Waals surface area contributed by atoms with Gasteiger partial charge in [0.15, 0.2) is 0 Å². The molecular weight excluding hydrogens is 391 g/mol. The van der Waals surface area contributed by atoms with E-state index in [9.17, 15) is 10.1 Å². The highest BCUT2D eigenvalue weighted by Crippen LogP contribution is 2.47. The number of nitrogens with two attached hydrogens (primary N) is 1. The monoisotopic (exact) mass is 400 g/mol. The molecule has 0 amide bonds. The van der Waals surface area contributed by atoms with Crippen LogP contribution in [0.5, 0.6) is 5.75 Å². The van der Waals surface area contributed by atoms with Crippen molar-refractivity contribution in [3.63, 3.8) is 0 Å². The minimum atomic E-state index is -0.779. The zero-order valence-electron chi connectivity index (χ0n) is 13.1. The first-order valence-electron chi connectivity index (χ1n) is 7.60. The van der Waals surface area contributed by atoms with Gasteiger partial charge >= 0.3 is 0 Å². The highest BCUT2D eigenvalue weighted by atomic mass is 35.5. The molecule has 4 rings (SSSR count). The number of rotatable bonds is 1. The summed E-state index contributed by atoms with van der Waals surface area (Å²) in [4.78, 5) is 12.9. The fourth-order valence-corrected chi connectivity index (χ4v) is 4.69. The van der Waals surface area contributed by atoms with Gasteiger partial charge in [-0.15, -0.1) is 0 Å². The zero-order chi connectivity index (χ0) is 18.4. The molecule has 1 aliphatic heterocycles. The minimum absolute atomic E-state index is 0.0539. The number of nitrogens with zero attached hydrogens (tertiary/aromatic N) is 1. The van der Waals surface area contributed by atoms with Crippen molar-refractivity contribution >= 4 is 44.6 Å². The van der Waals surface area contributed by atoms with Gasteiger partial charge in [-0.2, -0.15) is 5.26 Å². The molecule has 7 heteroatoms. The quantitative estimate of drug-likeness (QED) is 0.636. The van der Waals surface area contributed by atoms with Gasteiger partial charge in [0.25, 0.3) is 0 Å². The Bertz CT molecular complexity index is 1170. The van der Waals surface area contributed by atoms with Crippen molar-refractivity contribution in [1.82, 2.24) is 0 Å². The summed E-state index contributed by atoms with van der Waals surface area (Å²) in [6, 6.07) is 14.5. The van der Waals surface area contributed by atoms with E-state index in [4.69, 9.17) is 33.7 Å². The van der Waals surface area contributed by atoms with Crippen LogP contribution in [-0.2, 0) is 0 Å². The van der Waals surface area contributed by atoms with Crippen molar-refractivity contribution in [3.05, 3.63) is 84.6 Å². The van der Waals surface area contributed by atoms with Gasteiger partial charge in [0.2, 0.25) is 10.6 Å². The van der Waals surface area contributed by atoms with E-state index in [0.717, 1.165) is 21.4 Å². The summed E-state index contributed by atoms with van der Waals surface area (Å²) in [6.45, 7) is 0. The van der Waals surface area contributed by atoms with Crippen LogP contribution in [0, 0.1) is 11.3 Å². The highest BCUT2D eigenvalue weighted by Gasteiger charge is 2.36. The van der Waals surface area contributed by atoms with Crippen LogP contribution in [0.1, 0.15) is 17.0 Å². The number of benzene rings is 2. The van der Waals surface area contributed by atoms with Crippen molar-refractivity contribution < 1.29 is 4.74 Å². The normalized spacial score (nSPS) is 16.1. The standard InChI is InChI=1S/C19H10Cl2N2O2S/c20-11-5-3-6-12(21)15(11)14-10(8-22)18(23)25-17-9-4-1-2-7-13(9)26-19(24)16(14)17/h1-7,14H,23H2. The summed E-state index contributed by atoms with van der Waals surface area (Å²) in [5.74, 6) is -0.484. The first-order chi connectivity index (χ1) is 12.5. The van der Waals surface area contributed by atoms with Gasteiger partial charge in [0, 0.05) is 25.7 Å². The van der Waals surface area contributed by atoms with Crippen LogP contribution in [0.4, 0.5) is 0 Å². The Balaban J connectivity index is 2.15. The van der Waals surface area contributed by atoms with E-state index in [-0.39, 0.29) is 16.2 Å². The van der Waals surface area contributed by atoms with Crippen LogP contribution in [0.15, 0.2) is 58.7 Å². The van der Waals surface area contributed by atoms with Gasteiger partial charge in [-0.3, -0.25) is 4.79 Å². The molecular formula is C19H10Cl2N2O2S. The number of hydrogen-bond donors (Lipinski definition) is 1. The first kappa shape index (κ1) is 16.9. The molecule has 26 heavy (non-hydrogen) atoms. The average Bonchev–Trinajstić information content (AvgIpc) is 2.61. The fourth-order valence-electron chi connectivity index (χ4n) is 3.14. The van der Waals surface area contributed by atoms with Crippen LogP contribution in [0.2, 0.25) is 10.0 Å². The molecule has 1 aliphatic rings. The Hall–Kier alpha value is -2.52. The van der Waals surface area contributed by atoms with Crippen molar-refractivity contribution in [2.75, 3.05) is 0 Å².